The Kier molecular flexibility index (Phi) is 6.75. The van der Waals surface area contributed by atoms with Gasteiger partial charge in [-0.1, -0.05) is 54.6 Å². The van der Waals surface area contributed by atoms with E-state index in [-0.39, 0.29) is 12.3 Å². The molecule has 0 radical (unpaired) electrons. The lowest BCUT2D eigenvalue weighted by Crippen LogP contribution is -2.54. The Labute approximate surface area is 174 Å². The molecular formula is C23H24N4O3. The van der Waals surface area contributed by atoms with Crippen LogP contribution in [-0.4, -0.2) is 34.8 Å². The molecule has 1 aromatic heterocycles. The fourth-order valence-corrected chi connectivity index (χ4v) is 3.23. The first kappa shape index (κ1) is 21.0. The van der Waals surface area contributed by atoms with E-state index < -0.39 is 23.9 Å². The maximum absolute atomic E-state index is 12.8. The molecule has 7 nitrogen and oxygen atoms in total. The number of pyridine rings is 1. The minimum absolute atomic E-state index is 0.157. The highest BCUT2D eigenvalue weighted by Crippen LogP contribution is 2.13. The van der Waals surface area contributed by atoms with E-state index >= 15 is 0 Å². The van der Waals surface area contributed by atoms with Crippen LogP contribution in [0.25, 0.3) is 10.9 Å². The number of para-hydroxylation sites is 1. The number of aromatic nitrogens is 1. The van der Waals surface area contributed by atoms with Crippen molar-refractivity contribution in [1.29, 1.82) is 0 Å². The molecule has 7 heteroatoms. The monoisotopic (exact) mass is 404 g/mol. The van der Waals surface area contributed by atoms with E-state index in [1.54, 1.807) is 6.07 Å². The fraction of sp³-hybridized carbons (Fsp3) is 0.217. The van der Waals surface area contributed by atoms with Gasteiger partial charge in [0.05, 0.1) is 5.52 Å². The van der Waals surface area contributed by atoms with E-state index in [0.717, 1.165) is 16.5 Å². The van der Waals surface area contributed by atoms with Crippen molar-refractivity contribution in [3.8, 4) is 0 Å². The van der Waals surface area contributed by atoms with E-state index in [4.69, 9.17) is 5.73 Å². The van der Waals surface area contributed by atoms with Crippen molar-refractivity contribution in [2.24, 2.45) is 5.73 Å². The summed E-state index contributed by atoms with van der Waals surface area (Å²) in [6.07, 6.45) is 0.454. The Bertz CT molecular complexity index is 1050. The standard InChI is InChI=1S/C23H24N4O3/c1-15(28)25-21(13-16-7-3-2-4-8-16)23(30)27-20(22(24)29)14-18-12-11-17-9-5-6-10-19(17)26-18/h2-12,20-21H,13-14H2,1H3,(H2,24,29)(H,25,28)(H,27,30)/t20-,21-/m0/s1. The number of amides is 3. The van der Waals surface area contributed by atoms with Crippen molar-refractivity contribution in [2.75, 3.05) is 0 Å². The summed E-state index contributed by atoms with van der Waals surface area (Å²) < 4.78 is 0. The summed E-state index contributed by atoms with van der Waals surface area (Å²) in [4.78, 5) is 41.0. The summed E-state index contributed by atoms with van der Waals surface area (Å²) in [5.74, 6) is -1.48. The topological polar surface area (TPSA) is 114 Å². The molecule has 4 N–H and O–H groups in total. The van der Waals surface area contributed by atoms with Gasteiger partial charge in [-0.05, 0) is 17.7 Å². The Morgan fingerprint density at radius 2 is 1.57 bits per heavy atom. The van der Waals surface area contributed by atoms with Crippen molar-refractivity contribution in [1.82, 2.24) is 15.6 Å². The van der Waals surface area contributed by atoms with Crippen LogP contribution in [0.5, 0.6) is 0 Å². The van der Waals surface area contributed by atoms with Gasteiger partial charge in [0.25, 0.3) is 0 Å². The molecule has 1 heterocycles. The second-order valence-electron chi connectivity index (χ2n) is 7.11. The van der Waals surface area contributed by atoms with Crippen LogP contribution < -0.4 is 16.4 Å². The van der Waals surface area contributed by atoms with Gasteiger partial charge in [-0.2, -0.15) is 0 Å². The van der Waals surface area contributed by atoms with Crippen LogP contribution in [0.15, 0.2) is 66.7 Å². The van der Waals surface area contributed by atoms with Gasteiger partial charge in [0, 0.05) is 30.8 Å². The van der Waals surface area contributed by atoms with Gasteiger partial charge in [-0.25, -0.2) is 0 Å². The van der Waals surface area contributed by atoms with Gasteiger partial charge < -0.3 is 16.4 Å². The Hall–Kier alpha value is -3.74. The zero-order valence-corrected chi connectivity index (χ0v) is 16.7. The second-order valence-corrected chi connectivity index (χ2v) is 7.11. The lowest BCUT2D eigenvalue weighted by atomic mass is 10.0. The summed E-state index contributed by atoms with van der Waals surface area (Å²) in [6, 6.07) is 18.9. The predicted molar refractivity (Wildman–Crippen MR) is 114 cm³/mol. The van der Waals surface area contributed by atoms with E-state index in [1.165, 1.54) is 6.92 Å². The number of nitrogens with zero attached hydrogens (tertiary/aromatic N) is 1. The molecule has 0 saturated carbocycles. The first-order valence-electron chi connectivity index (χ1n) is 9.68. The summed E-state index contributed by atoms with van der Waals surface area (Å²) in [5.41, 5.74) is 7.85. The third-order valence-corrected chi connectivity index (χ3v) is 4.71. The van der Waals surface area contributed by atoms with E-state index in [2.05, 4.69) is 15.6 Å². The quantitative estimate of drug-likeness (QED) is 0.528. The third kappa shape index (κ3) is 5.64. The van der Waals surface area contributed by atoms with Crippen LogP contribution in [0.1, 0.15) is 18.2 Å². The number of hydrogen-bond donors (Lipinski definition) is 3. The largest absolute Gasteiger partial charge is 0.368 e. The molecule has 2 aromatic carbocycles. The Morgan fingerprint density at radius 3 is 2.27 bits per heavy atom. The number of nitrogens with one attached hydrogen (secondary N) is 2. The number of hydrogen-bond acceptors (Lipinski definition) is 4. The first-order valence-corrected chi connectivity index (χ1v) is 9.68. The van der Waals surface area contributed by atoms with Crippen LogP contribution in [0.3, 0.4) is 0 Å². The normalized spacial score (nSPS) is 12.7. The highest BCUT2D eigenvalue weighted by molar-refractivity contribution is 5.91. The highest BCUT2D eigenvalue weighted by atomic mass is 16.2. The summed E-state index contributed by atoms with van der Waals surface area (Å²) in [5, 5.41) is 6.29. The number of fused-ring (bicyclic) bond motifs is 1. The van der Waals surface area contributed by atoms with E-state index in [0.29, 0.717) is 12.1 Å². The molecule has 0 bridgehead atoms. The van der Waals surface area contributed by atoms with Gasteiger partial charge in [0.1, 0.15) is 12.1 Å². The molecule has 2 atom stereocenters. The molecule has 154 valence electrons. The SMILES string of the molecule is CC(=O)N[C@@H](Cc1ccccc1)C(=O)N[C@@H](Cc1ccc2ccccc2n1)C(N)=O. The lowest BCUT2D eigenvalue weighted by Gasteiger charge is -2.21. The Balaban J connectivity index is 1.74. The molecule has 0 aliphatic carbocycles. The molecule has 0 aliphatic rings. The zero-order chi connectivity index (χ0) is 21.5. The van der Waals surface area contributed by atoms with Crippen molar-refractivity contribution in [3.63, 3.8) is 0 Å². The number of nitrogens with two attached hydrogens (primary N) is 1. The minimum atomic E-state index is -0.946. The van der Waals surface area contributed by atoms with Crippen molar-refractivity contribution >= 4 is 28.6 Å². The number of primary amides is 1. The van der Waals surface area contributed by atoms with Gasteiger partial charge in [0.15, 0.2) is 0 Å². The van der Waals surface area contributed by atoms with Crippen LogP contribution in [0, 0.1) is 0 Å². The van der Waals surface area contributed by atoms with Gasteiger partial charge >= 0.3 is 0 Å². The molecule has 3 rings (SSSR count). The van der Waals surface area contributed by atoms with Crippen LogP contribution >= 0.6 is 0 Å². The molecule has 0 fully saturated rings. The fourth-order valence-electron chi connectivity index (χ4n) is 3.23. The molecule has 30 heavy (non-hydrogen) atoms. The summed E-state index contributed by atoms with van der Waals surface area (Å²) >= 11 is 0. The first-order chi connectivity index (χ1) is 14.4. The van der Waals surface area contributed by atoms with Gasteiger partial charge in [-0.15, -0.1) is 0 Å². The molecule has 0 spiro atoms. The average molecular weight is 404 g/mol. The van der Waals surface area contributed by atoms with Crippen LogP contribution in [0.2, 0.25) is 0 Å². The van der Waals surface area contributed by atoms with Crippen LogP contribution in [0.4, 0.5) is 0 Å². The molecule has 3 amide bonds. The zero-order valence-electron chi connectivity index (χ0n) is 16.7. The Morgan fingerprint density at radius 1 is 0.867 bits per heavy atom. The second kappa shape index (κ2) is 9.65. The molecule has 0 aliphatic heterocycles. The van der Waals surface area contributed by atoms with Gasteiger partial charge in [0.2, 0.25) is 17.7 Å². The smallest absolute Gasteiger partial charge is 0.243 e. The highest BCUT2D eigenvalue weighted by Gasteiger charge is 2.25. The maximum Gasteiger partial charge on any atom is 0.243 e. The third-order valence-electron chi connectivity index (χ3n) is 4.71. The lowest BCUT2D eigenvalue weighted by molar-refractivity contribution is -0.130. The van der Waals surface area contributed by atoms with Crippen molar-refractivity contribution < 1.29 is 14.4 Å². The number of rotatable bonds is 8. The maximum atomic E-state index is 12.8. The van der Waals surface area contributed by atoms with E-state index in [1.807, 2.05) is 60.7 Å². The molecule has 0 unspecified atom stereocenters. The number of carbonyl (C=O) groups is 3. The van der Waals surface area contributed by atoms with Crippen molar-refractivity contribution in [3.05, 3.63) is 78.0 Å². The number of benzene rings is 2. The summed E-state index contributed by atoms with van der Waals surface area (Å²) in [6.45, 7) is 1.34. The van der Waals surface area contributed by atoms with Crippen molar-refractivity contribution in [2.45, 2.75) is 31.8 Å². The number of carbonyl (C=O) groups excluding carboxylic acids is 3. The minimum Gasteiger partial charge on any atom is -0.368 e. The van der Waals surface area contributed by atoms with Gasteiger partial charge in [-0.3, -0.25) is 19.4 Å². The average Bonchev–Trinajstić information content (AvgIpc) is 2.73. The predicted octanol–water partition coefficient (Wildman–Crippen LogP) is 1.49. The van der Waals surface area contributed by atoms with Crippen LogP contribution in [-0.2, 0) is 27.2 Å². The molecular weight excluding hydrogens is 380 g/mol. The molecule has 3 aromatic rings. The van der Waals surface area contributed by atoms with E-state index in [9.17, 15) is 14.4 Å². The summed E-state index contributed by atoms with van der Waals surface area (Å²) in [7, 11) is 0. The molecule has 0 saturated heterocycles.